The minimum atomic E-state index is 0.769. The van der Waals surface area contributed by atoms with Crippen LogP contribution in [0.25, 0.3) is 22.3 Å². The SMILES string of the molecule is C=C/C=C\C(=C/C)c1cccc(/C(=C2\C(/C=C\C)=C(CC)C\C2=N\N)c2ccc(C)c(-c3ccccc3)c2)c1. The van der Waals surface area contributed by atoms with Crippen LogP contribution in [0.5, 0.6) is 0 Å². The van der Waals surface area contributed by atoms with Crippen LogP contribution in [0.1, 0.15) is 55.9 Å². The van der Waals surface area contributed by atoms with E-state index in [1.54, 1.807) is 6.08 Å². The average Bonchev–Trinajstić information content (AvgIpc) is 3.32. The Kier molecular flexibility index (Phi) is 9.12. The molecule has 0 aromatic heterocycles. The highest BCUT2D eigenvalue weighted by atomic mass is 15.1. The van der Waals surface area contributed by atoms with E-state index in [-0.39, 0.29) is 0 Å². The average molecular weight is 511 g/mol. The largest absolute Gasteiger partial charge is 0.323 e. The first-order valence-electron chi connectivity index (χ1n) is 13.6. The van der Waals surface area contributed by atoms with Crippen molar-refractivity contribution in [1.29, 1.82) is 0 Å². The van der Waals surface area contributed by atoms with Crippen molar-refractivity contribution in [3.05, 3.63) is 155 Å². The van der Waals surface area contributed by atoms with Crippen molar-refractivity contribution >= 4 is 16.9 Å². The van der Waals surface area contributed by atoms with Gasteiger partial charge in [-0.3, -0.25) is 0 Å². The summed E-state index contributed by atoms with van der Waals surface area (Å²) in [6.45, 7) is 12.4. The fraction of sp³-hybridized carbons (Fsp3) is 0.162. The van der Waals surface area contributed by atoms with Crippen molar-refractivity contribution in [1.82, 2.24) is 0 Å². The van der Waals surface area contributed by atoms with Crippen LogP contribution in [-0.4, -0.2) is 5.71 Å². The van der Waals surface area contributed by atoms with Crippen molar-refractivity contribution in [3.8, 4) is 11.1 Å². The summed E-state index contributed by atoms with van der Waals surface area (Å²) in [5.41, 5.74) is 14.0. The van der Waals surface area contributed by atoms with Gasteiger partial charge in [0.2, 0.25) is 0 Å². The second-order valence-corrected chi connectivity index (χ2v) is 9.69. The summed E-state index contributed by atoms with van der Waals surface area (Å²) in [7, 11) is 0. The molecule has 0 aliphatic heterocycles. The number of benzene rings is 3. The lowest BCUT2D eigenvalue weighted by atomic mass is 9.85. The van der Waals surface area contributed by atoms with Gasteiger partial charge < -0.3 is 5.84 Å². The predicted molar refractivity (Wildman–Crippen MR) is 170 cm³/mol. The first-order chi connectivity index (χ1) is 19.1. The number of nitrogens with two attached hydrogens (primary N) is 1. The summed E-state index contributed by atoms with van der Waals surface area (Å²) in [6, 6.07) is 26.1. The topological polar surface area (TPSA) is 38.4 Å². The van der Waals surface area contributed by atoms with E-state index in [9.17, 15) is 0 Å². The second-order valence-electron chi connectivity index (χ2n) is 9.69. The molecule has 0 bridgehead atoms. The fourth-order valence-electron chi connectivity index (χ4n) is 5.34. The van der Waals surface area contributed by atoms with Crippen LogP contribution >= 0.6 is 0 Å². The van der Waals surface area contributed by atoms with E-state index >= 15 is 0 Å². The van der Waals surface area contributed by atoms with Crippen LogP contribution in [0.3, 0.4) is 0 Å². The highest BCUT2D eigenvalue weighted by molar-refractivity contribution is 6.17. The van der Waals surface area contributed by atoms with E-state index in [0.717, 1.165) is 52.0 Å². The molecule has 2 heteroatoms. The van der Waals surface area contributed by atoms with Gasteiger partial charge in [0, 0.05) is 12.0 Å². The third-order valence-corrected chi connectivity index (χ3v) is 7.30. The molecule has 1 aliphatic rings. The van der Waals surface area contributed by atoms with E-state index in [4.69, 9.17) is 5.84 Å². The Morgan fingerprint density at radius 3 is 2.36 bits per heavy atom. The molecule has 1 aliphatic carbocycles. The quantitative estimate of drug-likeness (QED) is 0.183. The number of rotatable bonds is 8. The van der Waals surface area contributed by atoms with Crippen LogP contribution in [0.15, 0.2) is 138 Å². The Morgan fingerprint density at radius 2 is 1.69 bits per heavy atom. The minimum Gasteiger partial charge on any atom is -0.323 e. The van der Waals surface area contributed by atoms with Crippen molar-refractivity contribution < 1.29 is 0 Å². The summed E-state index contributed by atoms with van der Waals surface area (Å²) in [5.74, 6) is 6.07. The summed E-state index contributed by atoms with van der Waals surface area (Å²) in [4.78, 5) is 0. The zero-order valence-electron chi connectivity index (χ0n) is 23.5. The number of nitrogens with zero attached hydrogens (tertiary/aromatic N) is 1. The zero-order valence-corrected chi connectivity index (χ0v) is 23.5. The van der Waals surface area contributed by atoms with E-state index < -0.39 is 0 Å². The highest BCUT2D eigenvalue weighted by Crippen LogP contribution is 2.41. The molecule has 3 aromatic carbocycles. The number of allylic oxidation sites excluding steroid dienone is 10. The van der Waals surface area contributed by atoms with Gasteiger partial charge in [-0.25, -0.2) is 0 Å². The van der Waals surface area contributed by atoms with Gasteiger partial charge in [-0.2, -0.15) is 5.10 Å². The summed E-state index contributed by atoms with van der Waals surface area (Å²) in [6.07, 6.45) is 14.1. The minimum absolute atomic E-state index is 0.769. The Hall–Kier alpha value is -4.43. The maximum Gasteiger partial charge on any atom is 0.0725 e. The molecule has 0 saturated carbocycles. The third kappa shape index (κ3) is 5.86. The third-order valence-electron chi connectivity index (χ3n) is 7.30. The molecule has 0 radical (unpaired) electrons. The van der Waals surface area contributed by atoms with Gasteiger partial charge in [-0.1, -0.05) is 116 Å². The lowest BCUT2D eigenvalue weighted by Gasteiger charge is -2.18. The van der Waals surface area contributed by atoms with Gasteiger partial charge in [0.25, 0.3) is 0 Å². The van der Waals surface area contributed by atoms with E-state index in [1.165, 1.54) is 27.8 Å². The number of aryl methyl sites for hydroxylation is 1. The smallest absolute Gasteiger partial charge is 0.0725 e. The molecule has 0 saturated heterocycles. The van der Waals surface area contributed by atoms with Crippen molar-refractivity contribution in [3.63, 3.8) is 0 Å². The number of hydrogen-bond donors (Lipinski definition) is 1. The molecule has 0 atom stereocenters. The van der Waals surface area contributed by atoms with Gasteiger partial charge in [-0.05, 0) is 89.4 Å². The monoisotopic (exact) mass is 510 g/mol. The normalized spacial score (nSPS) is 16.6. The van der Waals surface area contributed by atoms with Gasteiger partial charge in [0.1, 0.15) is 0 Å². The maximum atomic E-state index is 6.07. The van der Waals surface area contributed by atoms with Crippen LogP contribution in [-0.2, 0) is 0 Å². The van der Waals surface area contributed by atoms with Crippen molar-refractivity contribution in [2.24, 2.45) is 10.9 Å². The molecule has 0 unspecified atom stereocenters. The Morgan fingerprint density at radius 1 is 0.949 bits per heavy atom. The van der Waals surface area contributed by atoms with Crippen LogP contribution in [0.2, 0.25) is 0 Å². The van der Waals surface area contributed by atoms with E-state index in [1.807, 2.05) is 6.08 Å². The molecule has 2 nitrogen and oxygen atoms in total. The number of hydrogen-bond acceptors (Lipinski definition) is 2. The summed E-state index contributed by atoms with van der Waals surface area (Å²) >= 11 is 0. The summed E-state index contributed by atoms with van der Waals surface area (Å²) < 4.78 is 0. The molecular weight excluding hydrogens is 472 g/mol. The predicted octanol–water partition coefficient (Wildman–Crippen LogP) is 9.61. The Bertz CT molecular complexity index is 1540. The first-order valence-corrected chi connectivity index (χ1v) is 13.6. The molecule has 0 fully saturated rings. The van der Waals surface area contributed by atoms with Crippen LogP contribution in [0.4, 0.5) is 0 Å². The molecule has 0 amide bonds. The molecule has 0 heterocycles. The molecular formula is C37H38N2. The van der Waals surface area contributed by atoms with E-state index in [0.29, 0.717) is 0 Å². The van der Waals surface area contributed by atoms with Crippen molar-refractivity contribution in [2.45, 2.75) is 40.5 Å². The van der Waals surface area contributed by atoms with Crippen molar-refractivity contribution in [2.75, 3.05) is 0 Å². The summed E-state index contributed by atoms with van der Waals surface area (Å²) in [5, 5.41) is 4.33. The molecule has 2 N–H and O–H groups in total. The standard InChI is InChI=1S/C37H38N2/c1-6-10-16-27(8-3)30-19-14-20-31(23-30)36(37-33(15-7-2)28(9-4)25-35(37)39-38)32-22-21-26(5)34(24-32)29-17-12-11-13-18-29/h6-8,10-24H,1,9,25,38H2,2-5H3/b15-7-,16-10-,27-8+,37-36-,39-35-. The Labute approximate surface area is 234 Å². The van der Waals surface area contributed by atoms with E-state index in [2.05, 4.69) is 136 Å². The van der Waals surface area contributed by atoms with Gasteiger partial charge in [0.05, 0.1) is 5.71 Å². The number of hydrazone groups is 1. The van der Waals surface area contributed by atoms with Gasteiger partial charge >= 0.3 is 0 Å². The maximum absolute atomic E-state index is 6.07. The highest BCUT2D eigenvalue weighted by Gasteiger charge is 2.28. The molecule has 196 valence electrons. The molecule has 3 aromatic rings. The Balaban J connectivity index is 2.07. The zero-order chi connectivity index (χ0) is 27.8. The molecule has 4 rings (SSSR count). The fourth-order valence-corrected chi connectivity index (χ4v) is 5.34. The van der Waals surface area contributed by atoms with Crippen LogP contribution in [0, 0.1) is 6.92 Å². The molecule has 39 heavy (non-hydrogen) atoms. The molecule has 0 spiro atoms. The lowest BCUT2D eigenvalue weighted by molar-refractivity contribution is 1.05. The first kappa shape index (κ1) is 27.6. The second kappa shape index (κ2) is 12.9. The lowest BCUT2D eigenvalue weighted by Crippen LogP contribution is -2.06. The van der Waals surface area contributed by atoms with Gasteiger partial charge in [0.15, 0.2) is 0 Å². The van der Waals surface area contributed by atoms with Crippen LogP contribution < -0.4 is 5.84 Å². The van der Waals surface area contributed by atoms with Gasteiger partial charge in [-0.15, -0.1) is 0 Å².